The van der Waals surface area contributed by atoms with Gasteiger partial charge in [0.1, 0.15) is 0 Å². The number of alkyl halides is 1. The molecule has 0 aromatic rings. The van der Waals surface area contributed by atoms with Crippen molar-refractivity contribution in [3.8, 4) is 0 Å². The maximum atomic E-state index is 12.1. The Balaban J connectivity index is 0.00000361. The van der Waals surface area contributed by atoms with E-state index in [4.69, 9.17) is 9.84 Å². The fraction of sp³-hybridized carbons (Fsp3) is 0.923. The molecule has 0 aromatic heterocycles. The van der Waals surface area contributed by atoms with Gasteiger partial charge in [-0.15, -0.1) is 24.0 Å². The number of hydrogen-bond acceptors (Lipinski definition) is 3. The lowest BCUT2D eigenvalue weighted by atomic mass is 9.84. The van der Waals surface area contributed by atoms with Crippen LogP contribution in [0.3, 0.4) is 0 Å². The minimum Gasteiger partial charge on any atom is -0.396 e. The summed E-state index contributed by atoms with van der Waals surface area (Å²) in [6.45, 7) is 5.19. The zero-order valence-corrected chi connectivity index (χ0v) is 14.5. The minimum absolute atomic E-state index is 0. The molecule has 3 N–H and O–H groups in total. The van der Waals surface area contributed by atoms with Gasteiger partial charge in [-0.05, 0) is 26.2 Å². The van der Waals surface area contributed by atoms with E-state index in [-0.39, 0.29) is 42.7 Å². The lowest BCUT2D eigenvalue weighted by molar-refractivity contribution is 0.131. The van der Waals surface area contributed by atoms with Gasteiger partial charge >= 0.3 is 0 Å². The van der Waals surface area contributed by atoms with Gasteiger partial charge in [0, 0.05) is 31.7 Å². The standard InChI is InChI=1S/C13H26FN3O2.HI/c1-2-15-12(16-7-3-6-14)17-10-13(4-8-18)5-9-19-11-13;/h18H,2-11H2,1H3,(H2,15,16,17);1H. The molecule has 0 spiro atoms. The Labute approximate surface area is 137 Å². The zero-order valence-electron chi connectivity index (χ0n) is 12.2. The summed E-state index contributed by atoms with van der Waals surface area (Å²) in [6.07, 6.45) is 2.12. The molecule has 1 rings (SSSR count). The third-order valence-electron chi connectivity index (χ3n) is 3.35. The van der Waals surface area contributed by atoms with Crippen molar-refractivity contribution >= 4 is 29.9 Å². The largest absolute Gasteiger partial charge is 0.396 e. The molecule has 0 aliphatic carbocycles. The third-order valence-corrected chi connectivity index (χ3v) is 3.35. The summed E-state index contributed by atoms with van der Waals surface area (Å²) >= 11 is 0. The number of halogens is 2. The molecule has 0 amide bonds. The Morgan fingerprint density at radius 3 is 2.80 bits per heavy atom. The topological polar surface area (TPSA) is 65.9 Å². The first-order valence-corrected chi connectivity index (χ1v) is 7.03. The van der Waals surface area contributed by atoms with Gasteiger partial charge in [0.25, 0.3) is 0 Å². The van der Waals surface area contributed by atoms with Crippen LogP contribution in [-0.4, -0.2) is 57.2 Å². The van der Waals surface area contributed by atoms with Crippen LogP contribution in [0, 0.1) is 5.41 Å². The fourth-order valence-electron chi connectivity index (χ4n) is 2.15. The summed E-state index contributed by atoms with van der Waals surface area (Å²) in [5.41, 5.74) is -0.0445. The number of aliphatic hydroxyl groups excluding tert-OH is 1. The van der Waals surface area contributed by atoms with E-state index >= 15 is 0 Å². The van der Waals surface area contributed by atoms with Crippen LogP contribution in [0.2, 0.25) is 0 Å². The molecular formula is C13H27FIN3O2. The third kappa shape index (κ3) is 7.03. The van der Waals surface area contributed by atoms with E-state index in [1.807, 2.05) is 6.92 Å². The predicted molar refractivity (Wildman–Crippen MR) is 89.6 cm³/mol. The fourth-order valence-corrected chi connectivity index (χ4v) is 2.15. The Morgan fingerprint density at radius 2 is 2.25 bits per heavy atom. The van der Waals surface area contributed by atoms with Crippen LogP contribution in [0.5, 0.6) is 0 Å². The molecule has 1 unspecified atom stereocenters. The zero-order chi connectivity index (χ0) is 14.0. The van der Waals surface area contributed by atoms with E-state index in [2.05, 4.69) is 15.6 Å². The van der Waals surface area contributed by atoms with E-state index in [1.165, 1.54) is 0 Å². The molecule has 20 heavy (non-hydrogen) atoms. The Morgan fingerprint density at radius 1 is 1.45 bits per heavy atom. The molecule has 1 saturated heterocycles. The molecule has 1 fully saturated rings. The molecule has 120 valence electrons. The Hall–Kier alpha value is -0.150. The van der Waals surface area contributed by atoms with Gasteiger partial charge in [-0.3, -0.25) is 9.38 Å². The highest BCUT2D eigenvalue weighted by atomic mass is 127. The molecule has 0 aromatic carbocycles. The highest BCUT2D eigenvalue weighted by molar-refractivity contribution is 14.0. The second-order valence-electron chi connectivity index (χ2n) is 4.94. The van der Waals surface area contributed by atoms with E-state index < -0.39 is 0 Å². The first-order chi connectivity index (χ1) is 9.26. The lowest BCUT2D eigenvalue weighted by Crippen LogP contribution is -2.39. The number of hydrogen-bond donors (Lipinski definition) is 3. The van der Waals surface area contributed by atoms with E-state index in [1.54, 1.807) is 0 Å². The van der Waals surface area contributed by atoms with Gasteiger partial charge in [-0.25, -0.2) is 0 Å². The smallest absolute Gasteiger partial charge is 0.191 e. The van der Waals surface area contributed by atoms with Crippen LogP contribution < -0.4 is 10.6 Å². The summed E-state index contributed by atoms with van der Waals surface area (Å²) < 4.78 is 17.5. The minimum atomic E-state index is -0.325. The molecule has 5 nitrogen and oxygen atoms in total. The second kappa shape index (κ2) is 11.5. The van der Waals surface area contributed by atoms with Crippen LogP contribution >= 0.6 is 24.0 Å². The van der Waals surface area contributed by atoms with Crippen LogP contribution in [-0.2, 0) is 4.74 Å². The molecule has 1 atom stereocenters. The molecule has 0 radical (unpaired) electrons. The van der Waals surface area contributed by atoms with Gasteiger partial charge in [0.05, 0.1) is 19.8 Å². The number of aliphatic hydroxyl groups is 1. The Kier molecular flexibility index (Phi) is 11.4. The van der Waals surface area contributed by atoms with Gasteiger partial charge < -0.3 is 20.5 Å². The van der Waals surface area contributed by atoms with Gasteiger partial charge in [-0.2, -0.15) is 0 Å². The second-order valence-corrected chi connectivity index (χ2v) is 4.94. The quantitative estimate of drug-likeness (QED) is 0.248. The van der Waals surface area contributed by atoms with Gasteiger partial charge in [-0.1, -0.05) is 0 Å². The highest BCUT2D eigenvalue weighted by Gasteiger charge is 2.34. The van der Waals surface area contributed by atoms with Crippen molar-refractivity contribution in [1.82, 2.24) is 10.6 Å². The first-order valence-electron chi connectivity index (χ1n) is 7.03. The summed E-state index contributed by atoms with van der Waals surface area (Å²) in [5, 5.41) is 15.4. The van der Waals surface area contributed by atoms with Crippen molar-refractivity contribution in [1.29, 1.82) is 0 Å². The van der Waals surface area contributed by atoms with Gasteiger partial charge in [0.15, 0.2) is 5.96 Å². The molecular weight excluding hydrogens is 376 g/mol. The van der Waals surface area contributed by atoms with E-state index in [0.717, 1.165) is 19.6 Å². The SMILES string of the molecule is CCNC(=NCC1(CCO)CCOC1)NCCCF.I. The monoisotopic (exact) mass is 403 g/mol. The van der Waals surface area contributed by atoms with Gasteiger partial charge in [0.2, 0.25) is 0 Å². The van der Waals surface area contributed by atoms with Crippen molar-refractivity contribution in [3.05, 3.63) is 0 Å². The van der Waals surface area contributed by atoms with E-state index in [0.29, 0.717) is 38.5 Å². The summed E-state index contributed by atoms with van der Waals surface area (Å²) in [6, 6.07) is 0. The Bertz CT molecular complexity index is 274. The van der Waals surface area contributed by atoms with Crippen molar-refractivity contribution in [2.75, 3.05) is 46.1 Å². The van der Waals surface area contributed by atoms with Crippen LogP contribution in [0.1, 0.15) is 26.2 Å². The summed E-state index contributed by atoms with van der Waals surface area (Å²) in [4.78, 5) is 4.54. The molecule has 0 bridgehead atoms. The number of nitrogens with one attached hydrogen (secondary N) is 2. The van der Waals surface area contributed by atoms with Crippen molar-refractivity contribution < 1.29 is 14.2 Å². The average Bonchev–Trinajstić information content (AvgIpc) is 2.86. The summed E-state index contributed by atoms with van der Waals surface area (Å²) in [7, 11) is 0. The molecule has 1 heterocycles. The van der Waals surface area contributed by atoms with Crippen LogP contribution in [0.4, 0.5) is 4.39 Å². The normalized spacial score (nSPS) is 22.4. The van der Waals surface area contributed by atoms with Crippen molar-refractivity contribution in [3.63, 3.8) is 0 Å². The lowest BCUT2D eigenvalue weighted by Gasteiger charge is -2.24. The predicted octanol–water partition coefficient (Wildman–Crippen LogP) is 1.31. The molecule has 7 heteroatoms. The number of aliphatic imine (C=N–C) groups is 1. The maximum absolute atomic E-state index is 12.1. The van der Waals surface area contributed by atoms with E-state index in [9.17, 15) is 4.39 Å². The van der Waals surface area contributed by atoms with Crippen LogP contribution in [0.15, 0.2) is 4.99 Å². The molecule has 1 aliphatic heterocycles. The summed E-state index contributed by atoms with van der Waals surface area (Å²) in [5.74, 6) is 0.708. The number of nitrogens with zero attached hydrogens (tertiary/aromatic N) is 1. The first kappa shape index (κ1) is 19.9. The van der Waals surface area contributed by atoms with Crippen molar-refractivity contribution in [2.24, 2.45) is 10.4 Å². The van der Waals surface area contributed by atoms with Crippen molar-refractivity contribution in [2.45, 2.75) is 26.2 Å². The number of rotatable bonds is 8. The number of guanidine groups is 1. The average molecular weight is 403 g/mol. The van der Waals surface area contributed by atoms with Crippen LogP contribution in [0.25, 0.3) is 0 Å². The maximum Gasteiger partial charge on any atom is 0.191 e. The highest BCUT2D eigenvalue weighted by Crippen LogP contribution is 2.32. The molecule has 1 aliphatic rings. The molecule has 0 saturated carbocycles. The number of ether oxygens (including phenoxy) is 1.